The lowest BCUT2D eigenvalue weighted by Gasteiger charge is -2.35. The van der Waals surface area contributed by atoms with Crippen molar-refractivity contribution < 1.29 is 29.3 Å². The molecule has 0 saturated heterocycles. The number of nitrogens with zero attached hydrogens (tertiary/aromatic N) is 1. The second-order valence-corrected chi connectivity index (χ2v) is 15.1. The van der Waals surface area contributed by atoms with E-state index < -0.39 is 59.5 Å². The summed E-state index contributed by atoms with van der Waals surface area (Å²) in [7, 11) is 1.58. The second-order valence-electron chi connectivity index (χ2n) is 15.1. The molecule has 0 bridgehead atoms. The Kier molecular flexibility index (Phi) is 12.2. The Bertz CT molecular complexity index is 2100. The zero-order valence-electron chi connectivity index (χ0n) is 31.5. The molecule has 0 radical (unpaired) electrons. The van der Waals surface area contributed by atoms with Gasteiger partial charge in [0.25, 0.3) is 5.91 Å². The van der Waals surface area contributed by atoms with E-state index in [2.05, 4.69) is 26.3 Å². The summed E-state index contributed by atoms with van der Waals surface area (Å²) in [5.74, 6) is -0.919. The molecule has 5 aromatic rings. The lowest BCUT2D eigenvalue weighted by Crippen LogP contribution is -2.62. The van der Waals surface area contributed by atoms with Gasteiger partial charge in [-0.15, -0.1) is 0 Å². The van der Waals surface area contributed by atoms with Crippen LogP contribution in [0.1, 0.15) is 59.6 Å². The van der Waals surface area contributed by atoms with Gasteiger partial charge in [0.05, 0.1) is 36.9 Å². The molecule has 0 aliphatic heterocycles. The summed E-state index contributed by atoms with van der Waals surface area (Å²) in [4.78, 5) is 46.8. The molecule has 0 fully saturated rings. The van der Waals surface area contributed by atoms with Crippen LogP contribution in [0, 0.1) is 5.41 Å². The molecule has 286 valence electrons. The molecule has 55 heavy (non-hydrogen) atoms. The third-order valence-electron chi connectivity index (χ3n) is 10.1. The summed E-state index contributed by atoms with van der Waals surface area (Å²) in [5.41, 5.74) is 3.46. The van der Waals surface area contributed by atoms with Gasteiger partial charge in [0.15, 0.2) is 0 Å². The summed E-state index contributed by atoms with van der Waals surface area (Å²) in [6.07, 6.45) is -1.76. The Morgan fingerprint density at radius 2 is 1.51 bits per heavy atom. The molecule has 6 atom stereocenters. The van der Waals surface area contributed by atoms with Crippen LogP contribution in [0.25, 0.3) is 10.9 Å². The van der Waals surface area contributed by atoms with Crippen LogP contribution < -0.4 is 26.0 Å². The van der Waals surface area contributed by atoms with Gasteiger partial charge < -0.3 is 30.9 Å². The summed E-state index contributed by atoms with van der Waals surface area (Å²) in [6.45, 7) is 5.72. The van der Waals surface area contributed by atoms with E-state index in [4.69, 9.17) is 4.74 Å². The van der Waals surface area contributed by atoms with Gasteiger partial charge in [-0.25, -0.2) is 4.98 Å². The third-order valence-corrected chi connectivity index (χ3v) is 10.1. The molecule has 1 aromatic heterocycles. The number of benzene rings is 4. The Hall–Kier alpha value is -5.62. The van der Waals surface area contributed by atoms with Crippen molar-refractivity contribution in [2.75, 3.05) is 7.11 Å². The molecular weight excluding hydrogens is 695 g/mol. The van der Waals surface area contributed by atoms with Crippen molar-refractivity contribution in [3.63, 3.8) is 0 Å². The molecule has 0 saturated carbocycles. The second kappa shape index (κ2) is 17.2. The highest BCUT2D eigenvalue weighted by Crippen LogP contribution is 2.31. The minimum absolute atomic E-state index is 0.164. The maximum atomic E-state index is 14.3. The van der Waals surface area contributed by atoms with E-state index in [-0.39, 0.29) is 18.7 Å². The lowest BCUT2D eigenvalue weighted by molar-refractivity contribution is -0.131. The van der Waals surface area contributed by atoms with E-state index in [0.29, 0.717) is 17.7 Å². The van der Waals surface area contributed by atoms with Crippen LogP contribution in [0.15, 0.2) is 115 Å². The maximum Gasteiger partial charge on any atom is 0.270 e. The number of para-hydroxylation sites is 1. The van der Waals surface area contributed by atoms with E-state index in [9.17, 15) is 24.6 Å². The largest absolute Gasteiger partial charge is 0.497 e. The fraction of sp³-hybridized carbons (Fsp3) is 0.318. The maximum absolute atomic E-state index is 14.3. The van der Waals surface area contributed by atoms with E-state index in [1.54, 1.807) is 25.3 Å². The minimum atomic E-state index is -1.46. The summed E-state index contributed by atoms with van der Waals surface area (Å²) in [6, 6.07) is 31.2. The fourth-order valence-corrected chi connectivity index (χ4v) is 7.03. The summed E-state index contributed by atoms with van der Waals surface area (Å²) < 4.78 is 5.30. The topological polar surface area (TPSA) is 162 Å². The predicted octanol–water partition coefficient (Wildman–Crippen LogP) is 4.41. The smallest absolute Gasteiger partial charge is 0.270 e. The zero-order chi connectivity index (χ0) is 39.1. The van der Waals surface area contributed by atoms with Crippen LogP contribution in [0.4, 0.5) is 0 Å². The number of fused-ring (bicyclic) bond motifs is 2. The first kappa shape index (κ1) is 39.1. The van der Waals surface area contributed by atoms with Crippen LogP contribution in [0.5, 0.6) is 5.75 Å². The van der Waals surface area contributed by atoms with Gasteiger partial charge in [0, 0.05) is 18.4 Å². The minimum Gasteiger partial charge on any atom is -0.497 e. The van der Waals surface area contributed by atoms with E-state index in [1.807, 2.05) is 118 Å². The standard InChI is InChI=1S/C44H49N5O6/c1-44(2,3)40(49-41(52)34-23-20-29-14-9-11-17-33(29)46-34)43(54)47-35(24-27-12-6-5-7-13-27)39(51)38(45-26-28-18-21-31(55-4)22-19-28)42(53)48-37-32-16-10-8-15-30(32)25-36(37)50/h5-23,35-40,45,50-51H,24-26H2,1-4H3,(H,47,54)(H,48,53)(H,49,52)/t35-,36?,37?,38+,39+,40+/m0/s1. The van der Waals surface area contributed by atoms with Gasteiger partial charge in [-0.2, -0.15) is 0 Å². The Labute approximate surface area is 321 Å². The van der Waals surface area contributed by atoms with Crippen LogP contribution in [0.2, 0.25) is 0 Å². The number of aliphatic hydroxyl groups is 2. The number of carbonyl (C=O) groups is 3. The molecule has 11 heteroatoms. The number of carbonyl (C=O) groups excluding carboxylic acids is 3. The molecule has 11 nitrogen and oxygen atoms in total. The molecule has 1 aliphatic rings. The monoisotopic (exact) mass is 743 g/mol. The van der Waals surface area contributed by atoms with Crippen LogP contribution in [0.3, 0.4) is 0 Å². The number of aromatic nitrogens is 1. The lowest BCUT2D eigenvalue weighted by atomic mass is 9.85. The number of pyridine rings is 1. The van der Waals surface area contributed by atoms with E-state index in [1.165, 1.54) is 0 Å². The first-order valence-corrected chi connectivity index (χ1v) is 18.5. The van der Waals surface area contributed by atoms with Gasteiger partial charge in [0.2, 0.25) is 11.8 Å². The van der Waals surface area contributed by atoms with Gasteiger partial charge in [-0.3, -0.25) is 19.7 Å². The van der Waals surface area contributed by atoms with Crippen molar-refractivity contribution >= 4 is 28.6 Å². The molecular formula is C44H49N5O6. The van der Waals surface area contributed by atoms with E-state index in [0.717, 1.165) is 27.6 Å². The highest BCUT2D eigenvalue weighted by atomic mass is 16.5. The van der Waals surface area contributed by atoms with Gasteiger partial charge in [0.1, 0.15) is 23.5 Å². The number of aliphatic hydroxyl groups excluding tert-OH is 2. The number of hydrogen-bond donors (Lipinski definition) is 6. The SMILES string of the molecule is COc1ccc(CN[C@@H](C(=O)NC2c3ccccc3CC2O)[C@H](O)[C@H](Cc2ccccc2)NC(=O)[C@@H](NC(=O)c2ccc3ccccc3n2)C(C)(C)C)cc1. The van der Waals surface area contributed by atoms with Crippen LogP contribution in [-0.2, 0) is 29.0 Å². The first-order valence-electron chi connectivity index (χ1n) is 18.5. The number of nitrogens with one attached hydrogen (secondary N) is 4. The van der Waals surface area contributed by atoms with Crippen molar-refractivity contribution in [1.29, 1.82) is 0 Å². The number of methoxy groups -OCH3 is 1. The number of hydrogen-bond acceptors (Lipinski definition) is 8. The summed E-state index contributed by atoms with van der Waals surface area (Å²) in [5, 5.41) is 36.3. The van der Waals surface area contributed by atoms with Crippen molar-refractivity contribution in [1.82, 2.24) is 26.3 Å². The summed E-state index contributed by atoms with van der Waals surface area (Å²) >= 11 is 0. The number of amides is 3. The van der Waals surface area contributed by atoms with Crippen LogP contribution >= 0.6 is 0 Å². The molecule has 2 unspecified atom stereocenters. The molecule has 6 N–H and O–H groups in total. The first-order chi connectivity index (χ1) is 26.4. The normalized spacial score (nSPS) is 17.3. The van der Waals surface area contributed by atoms with Crippen molar-refractivity contribution in [2.24, 2.45) is 5.41 Å². The number of ether oxygens (including phenoxy) is 1. The highest BCUT2D eigenvalue weighted by Gasteiger charge is 2.40. The molecule has 1 heterocycles. The average Bonchev–Trinajstić information content (AvgIpc) is 3.50. The van der Waals surface area contributed by atoms with E-state index >= 15 is 0 Å². The van der Waals surface area contributed by atoms with Crippen molar-refractivity contribution in [3.05, 3.63) is 143 Å². The molecule has 4 aromatic carbocycles. The molecule has 0 spiro atoms. The quantitative estimate of drug-likeness (QED) is 0.0976. The zero-order valence-corrected chi connectivity index (χ0v) is 31.5. The molecule has 6 rings (SSSR count). The van der Waals surface area contributed by atoms with Gasteiger partial charge >= 0.3 is 0 Å². The van der Waals surface area contributed by atoms with Crippen molar-refractivity contribution in [2.45, 2.75) is 76.5 Å². The fourth-order valence-electron chi connectivity index (χ4n) is 7.03. The Balaban J connectivity index is 1.28. The third kappa shape index (κ3) is 9.55. The predicted molar refractivity (Wildman–Crippen MR) is 211 cm³/mol. The van der Waals surface area contributed by atoms with Gasteiger partial charge in [-0.1, -0.05) is 112 Å². The van der Waals surface area contributed by atoms with Crippen molar-refractivity contribution in [3.8, 4) is 5.75 Å². The van der Waals surface area contributed by atoms with Crippen LogP contribution in [-0.4, -0.2) is 70.4 Å². The molecule has 3 amide bonds. The number of rotatable bonds is 14. The Morgan fingerprint density at radius 3 is 2.24 bits per heavy atom. The average molecular weight is 744 g/mol. The van der Waals surface area contributed by atoms with Gasteiger partial charge in [-0.05, 0) is 58.4 Å². The Morgan fingerprint density at radius 1 is 0.818 bits per heavy atom. The highest BCUT2D eigenvalue weighted by molar-refractivity contribution is 5.98. The molecule has 1 aliphatic carbocycles.